The van der Waals surface area contributed by atoms with Gasteiger partial charge in [-0.3, -0.25) is 0 Å². The fraction of sp³-hybridized carbons (Fsp3) is 0.300. The summed E-state index contributed by atoms with van der Waals surface area (Å²) < 4.78 is 13.4. The van der Waals surface area contributed by atoms with Gasteiger partial charge in [-0.25, -0.2) is 4.39 Å². The molecule has 0 spiro atoms. The van der Waals surface area contributed by atoms with Crippen LogP contribution in [0.1, 0.15) is 17.7 Å². The molecule has 0 aliphatic carbocycles. The molecule has 1 aliphatic heterocycles. The van der Waals surface area contributed by atoms with Gasteiger partial charge < -0.3 is 10.2 Å². The molecule has 4 rings (SSSR count). The molecule has 2 aromatic heterocycles. The van der Waals surface area contributed by atoms with Crippen molar-refractivity contribution in [3.8, 4) is 10.4 Å². The third-order valence-corrected chi connectivity index (χ3v) is 5.77. The summed E-state index contributed by atoms with van der Waals surface area (Å²) in [6.45, 7) is 2.80. The van der Waals surface area contributed by atoms with Crippen LogP contribution in [-0.4, -0.2) is 29.3 Å². The molecule has 3 heterocycles. The van der Waals surface area contributed by atoms with Crippen LogP contribution < -0.4 is 10.2 Å². The van der Waals surface area contributed by atoms with Crippen LogP contribution in [0.5, 0.6) is 0 Å². The Morgan fingerprint density at radius 1 is 1.19 bits per heavy atom. The van der Waals surface area contributed by atoms with Gasteiger partial charge in [0.2, 0.25) is 0 Å². The number of anilines is 1. The Kier molecular flexibility index (Phi) is 5.22. The number of nitrogens with one attached hydrogen (secondary N) is 1. The maximum Gasteiger partial charge on any atom is 0.151 e. The fourth-order valence-corrected chi connectivity index (χ4v) is 4.28. The van der Waals surface area contributed by atoms with Crippen LogP contribution in [0.3, 0.4) is 0 Å². The third-order valence-electron chi connectivity index (χ3n) is 4.64. The minimum absolute atomic E-state index is 0.193. The lowest BCUT2D eigenvalue weighted by Crippen LogP contribution is -2.45. The minimum Gasteiger partial charge on any atom is -0.354 e. The van der Waals surface area contributed by atoms with Gasteiger partial charge >= 0.3 is 0 Å². The second-order valence-electron chi connectivity index (χ2n) is 6.52. The quantitative estimate of drug-likeness (QED) is 0.736. The van der Waals surface area contributed by atoms with Crippen LogP contribution in [0.25, 0.3) is 10.4 Å². The van der Waals surface area contributed by atoms with E-state index in [1.807, 2.05) is 18.2 Å². The van der Waals surface area contributed by atoms with Crippen molar-refractivity contribution in [3.05, 3.63) is 65.4 Å². The Bertz CT molecular complexity index is 852. The van der Waals surface area contributed by atoms with Crippen LogP contribution in [0.4, 0.5) is 10.2 Å². The van der Waals surface area contributed by atoms with E-state index in [4.69, 9.17) is 0 Å². The first-order valence-electron chi connectivity index (χ1n) is 8.88. The SMILES string of the molecule is Fc1cccc(-c2ccc(CNC3CCCN(c4cccnn4)C3)s2)c1. The molecule has 6 heteroatoms. The number of hydrogen-bond acceptors (Lipinski definition) is 5. The lowest BCUT2D eigenvalue weighted by atomic mass is 10.1. The summed E-state index contributed by atoms with van der Waals surface area (Å²) >= 11 is 1.72. The molecule has 0 radical (unpaired) electrons. The number of benzene rings is 1. The summed E-state index contributed by atoms with van der Waals surface area (Å²) in [5, 5.41) is 11.9. The van der Waals surface area contributed by atoms with Gasteiger partial charge in [0.1, 0.15) is 5.82 Å². The molecule has 1 unspecified atom stereocenters. The number of nitrogens with zero attached hydrogens (tertiary/aromatic N) is 3. The summed E-state index contributed by atoms with van der Waals surface area (Å²) in [5.74, 6) is 0.755. The summed E-state index contributed by atoms with van der Waals surface area (Å²) in [6.07, 6.45) is 4.02. The molecule has 134 valence electrons. The highest BCUT2D eigenvalue weighted by Gasteiger charge is 2.20. The standard InChI is InChI=1S/C20H21FN4S/c21-16-5-1-4-15(12-16)19-9-8-18(26-19)13-22-17-6-3-11-25(14-17)20-7-2-10-23-24-20/h1-2,4-5,7-10,12,17,22H,3,6,11,13-14H2. The molecular weight excluding hydrogens is 347 g/mol. The van der Waals surface area contributed by atoms with Crippen molar-refractivity contribution in [1.82, 2.24) is 15.5 Å². The molecule has 1 atom stereocenters. The largest absolute Gasteiger partial charge is 0.354 e. The normalized spacial score (nSPS) is 17.4. The average Bonchev–Trinajstić information content (AvgIpc) is 3.16. The van der Waals surface area contributed by atoms with Crippen molar-refractivity contribution in [2.45, 2.75) is 25.4 Å². The van der Waals surface area contributed by atoms with E-state index in [0.29, 0.717) is 6.04 Å². The summed E-state index contributed by atoms with van der Waals surface area (Å²) in [5.41, 5.74) is 0.938. The molecule has 0 bridgehead atoms. The van der Waals surface area contributed by atoms with E-state index < -0.39 is 0 Å². The van der Waals surface area contributed by atoms with E-state index in [1.54, 1.807) is 29.7 Å². The first kappa shape index (κ1) is 17.1. The summed E-state index contributed by atoms with van der Waals surface area (Å²) in [7, 11) is 0. The van der Waals surface area contributed by atoms with E-state index in [9.17, 15) is 4.39 Å². The number of piperidine rings is 1. The zero-order valence-corrected chi connectivity index (χ0v) is 15.3. The molecule has 0 saturated carbocycles. The third kappa shape index (κ3) is 4.08. The second kappa shape index (κ2) is 7.93. The van der Waals surface area contributed by atoms with E-state index in [-0.39, 0.29) is 5.82 Å². The van der Waals surface area contributed by atoms with Gasteiger partial charge in [-0.1, -0.05) is 12.1 Å². The van der Waals surface area contributed by atoms with Crippen LogP contribution in [0.15, 0.2) is 54.7 Å². The van der Waals surface area contributed by atoms with Crippen LogP contribution >= 0.6 is 11.3 Å². The Morgan fingerprint density at radius 3 is 3.00 bits per heavy atom. The molecule has 0 amide bonds. The van der Waals surface area contributed by atoms with Crippen molar-refractivity contribution in [1.29, 1.82) is 0 Å². The zero-order chi connectivity index (χ0) is 17.8. The van der Waals surface area contributed by atoms with E-state index in [2.05, 4.69) is 32.5 Å². The van der Waals surface area contributed by atoms with Gasteiger partial charge in [0.15, 0.2) is 5.82 Å². The van der Waals surface area contributed by atoms with Gasteiger partial charge in [0.25, 0.3) is 0 Å². The number of aromatic nitrogens is 2. The molecular formula is C20H21FN4S. The molecule has 1 fully saturated rings. The summed E-state index contributed by atoms with van der Waals surface area (Å²) in [4.78, 5) is 4.66. The summed E-state index contributed by atoms with van der Waals surface area (Å²) in [6, 6.07) is 15.3. The van der Waals surface area contributed by atoms with Gasteiger partial charge in [0, 0.05) is 41.6 Å². The topological polar surface area (TPSA) is 41.0 Å². The predicted octanol–water partition coefficient (Wildman–Crippen LogP) is 4.10. The Labute approximate surface area is 156 Å². The monoisotopic (exact) mass is 368 g/mol. The number of thiophene rings is 1. The van der Waals surface area contributed by atoms with E-state index >= 15 is 0 Å². The highest BCUT2D eigenvalue weighted by molar-refractivity contribution is 7.15. The van der Waals surface area contributed by atoms with E-state index in [0.717, 1.165) is 42.3 Å². The minimum atomic E-state index is -0.193. The zero-order valence-electron chi connectivity index (χ0n) is 14.4. The predicted molar refractivity (Wildman–Crippen MR) is 104 cm³/mol. The number of halogens is 1. The molecule has 1 aromatic carbocycles. The van der Waals surface area contributed by atoms with Crippen molar-refractivity contribution >= 4 is 17.2 Å². The Morgan fingerprint density at radius 2 is 2.15 bits per heavy atom. The maximum absolute atomic E-state index is 13.4. The maximum atomic E-state index is 13.4. The lowest BCUT2D eigenvalue weighted by molar-refractivity contribution is 0.421. The van der Waals surface area contributed by atoms with Crippen molar-refractivity contribution in [2.24, 2.45) is 0 Å². The van der Waals surface area contributed by atoms with Crippen molar-refractivity contribution in [3.63, 3.8) is 0 Å². The molecule has 1 N–H and O–H groups in total. The number of rotatable bonds is 5. The Hall–Kier alpha value is -2.31. The first-order valence-corrected chi connectivity index (χ1v) is 9.70. The fourth-order valence-electron chi connectivity index (χ4n) is 3.33. The van der Waals surface area contributed by atoms with Gasteiger partial charge in [0.05, 0.1) is 0 Å². The van der Waals surface area contributed by atoms with E-state index in [1.165, 1.54) is 17.4 Å². The smallest absolute Gasteiger partial charge is 0.151 e. The van der Waals surface area contributed by atoms with Crippen LogP contribution in [0, 0.1) is 5.82 Å². The lowest BCUT2D eigenvalue weighted by Gasteiger charge is -2.33. The van der Waals surface area contributed by atoms with Crippen LogP contribution in [-0.2, 0) is 6.54 Å². The first-order chi connectivity index (χ1) is 12.8. The second-order valence-corrected chi connectivity index (χ2v) is 7.69. The van der Waals surface area contributed by atoms with Crippen molar-refractivity contribution in [2.75, 3.05) is 18.0 Å². The van der Waals surface area contributed by atoms with Crippen molar-refractivity contribution < 1.29 is 4.39 Å². The molecule has 4 nitrogen and oxygen atoms in total. The molecule has 26 heavy (non-hydrogen) atoms. The van der Waals surface area contributed by atoms with Gasteiger partial charge in [-0.15, -0.1) is 16.4 Å². The molecule has 1 aliphatic rings. The molecule has 3 aromatic rings. The number of hydrogen-bond donors (Lipinski definition) is 1. The highest BCUT2D eigenvalue weighted by atomic mass is 32.1. The molecule has 1 saturated heterocycles. The van der Waals surface area contributed by atoms with Crippen LogP contribution in [0.2, 0.25) is 0 Å². The van der Waals surface area contributed by atoms with Gasteiger partial charge in [-0.2, -0.15) is 5.10 Å². The van der Waals surface area contributed by atoms with Gasteiger partial charge in [-0.05, 0) is 54.8 Å². The Balaban J connectivity index is 1.35. The highest BCUT2D eigenvalue weighted by Crippen LogP contribution is 2.28. The average molecular weight is 368 g/mol.